The van der Waals surface area contributed by atoms with Crippen molar-refractivity contribution in [3.05, 3.63) is 136 Å². The first-order valence-electron chi connectivity index (χ1n) is 12.7. The monoisotopic (exact) mass is 562 g/mol. The van der Waals surface area contributed by atoms with Gasteiger partial charge in [-0.15, -0.1) is 5.10 Å². The minimum Gasteiger partial charge on any atom is -0.317 e. The number of benzene rings is 4. The first-order valence-corrected chi connectivity index (χ1v) is 13.1. The summed E-state index contributed by atoms with van der Waals surface area (Å²) < 4.78 is 0. The van der Waals surface area contributed by atoms with E-state index in [4.69, 9.17) is 11.6 Å². The normalized spacial score (nSPS) is 15.9. The molecule has 4 aromatic rings. The van der Waals surface area contributed by atoms with E-state index in [1.807, 2.05) is 48.5 Å². The van der Waals surface area contributed by atoms with Crippen LogP contribution in [0.1, 0.15) is 27.0 Å². The van der Waals surface area contributed by atoms with Crippen molar-refractivity contribution in [2.75, 3.05) is 0 Å². The Bertz CT molecular complexity index is 1690. The zero-order valence-electron chi connectivity index (χ0n) is 21.4. The van der Waals surface area contributed by atoms with Crippen LogP contribution in [-0.4, -0.2) is 23.7 Å². The van der Waals surface area contributed by atoms with E-state index in [0.29, 0.717) is 16.1 Å². The molecule has 2 aliphatic rings. The van der Waals surface area contributed by atoms with Crippen LogP contribution in [0.4, 0.5) is 0 Å². The third-order valence-corrected chi connectivity index (χ3v) is 7.12. The highest BCUT2D eigenvalue weighted by molar-refractivity contribution is 6.30. The van der Waals surface area contributed by atoms with Gasteiger partial charge in [-0.3, -0.25) is 25.1 Å². The van der Waals surface area contributed by atoms with Crippen molar-refractivity contribution < 1.29 is 14.4 Å². The maximum absolute atomic E-state index is 13.6. The first-order chi connectivity index (χ1) is 20.0. The van der Waals surface area contributed by atoms with Gasteiger partial charge in [-0.25, -0.2) is 10.9 Å². The molecule has 1 spiro atoms. The topological polar surface area (TPSA) is 124 Å². The summed E-state index contributed by atoms with van der Waals surface area (Å²) in [5.41, 5.74) is 11.7. The number of hydrazine groups is 1. The highest BCUT2D eigenvalue weighted by Crippen LogP contribution is 2.47. The van der Waals surface area contributed by atoms with Crippen molar-refractivity contribution in [1.29, 1.82) is 0 Å². The van der Waals surface area contributed by atoms with Crippen LogP contribution in [0.3, 0.4) is 0 Å². The van der Waals surface area contributed by atoms with E-state index in [9.17, 15) is 14.4 Å². The minimum absolute atomic E-state index is 0.0175. The Hall–Kier alpha value is -5.25. The van der Waals surface area contributed by atoms with Crippen molar-refractivity contribution in [3.8, 4) is 11.1 Å². The van der Waals surface area contributed by atoms with Crippen molar-refractivity contribution in [1.82, 2.24) is 26.9 Å². The number of guanidine groups is 1. The van der Waals surface area contributed by atoms with Crippen LogP contribution in [0, 0.1) is 0 Å². The molecule has 0 bridgehead atoms. The van der Waals surface area contributed by atoms with E-state index in [0.717, 1.165) is 22.3 Å². The van der Waals surface area contributed by atoms with Gasteiger partial charge in [0.05, 0.1) is 0 Å². The summed E-state index contributed by atoms with van der Waals surface area (Å²) in [4.78, 5) is 39.6. The summed E-state index contributed by atoms with van der Waals surface area (Å²) in [7, 11) is 0. The first kappa shape index (κ1) is 26.0. The summed E-state index contributed by atoms with van der Waals surface area (Å²) in [5.74, 6) is -1.56. The number of hydrogen-bond acceptors (Lipinski definition) is 5. The van der Waals surface area contributed by atoms with E-state index in [2.05, 4.69) is 32.0 Å². The molecule has 1 fully saturated rings. The fourth-order valence-corrected chi connectivity index (χ4v) is 5.07. The molecule has 9 nitrogen and oxygen atoms in total. The Labute approximate surface area is 240 Å². The van der Waals surface area contributed by atoms with Gasteiger partial charge in [-0.1, -0.05) is 90.5 Å². The van der Waals surface area contributed by atoms with E-state index >= 15 is 0 Å². The Morgan fingerprint density at radius 3 is 2.05 bits per heavy atom. The standard InChI is InChI=1S/C31H23ClN6O3/c32-21-16-14-19(15-17-21)18-26(33-27(39)20-8-2-1-3-9-20)28(40)35-36-30-34-29(41)31(38-37-30)24-12-6-4-10-22(24)23-11-5-7-13-25(23)31/h1-18,38H,(H,33,39)(H,35,40)(H2,34,36,37,41)/b26-18+. The lowest BCUT2D eigenvalue weighted by Crippen LogP contribution is -2.69. The van der Waals surface area contributed by atoms with Gasteiger partial charge in [0.1, 0.15) is 5.70 Å². The van der Waals surface area contributed by atoms with Crippen molar-refractivity contribution in [3.63, 3.8) is 0 Å². The quantitative estimate of drug-likeness (QED) is 0.188. The van der Waals surface area contributed by atoms with E-state index < -0.39 is 17.4 Å². The van der Waals surface area contributed by atoms with Crippen molar-refractivity contribution >= 4 is 41.4 Å². The summed E-state index contributed by atoms with van der Waals surface area (Å²) in [6.45, 7) is 0. The molecule has 0 unspecified atom stereocenters. The average Bonchev–Trinajstić information content (AvgIpc) is 3.29. The van der Waals surface area contributed by atoms with Crippen LogP contribution in [0.15, 0.2) is 114 Å². The number of fused-ring (bicyclic) bond motifs is 5. The number of hydrazone groups is 1. The highest BCUT2D eigenvalue weighted by Gasteiger charge is 2.51. The molecule has 41 heavy (non-hydrogen) atoms. The number of carbonyl (C=O) groups excluding carboxylic acids is 3. The fourth-order valence-electron chi connectivity index (χ4n) is 4.95. The Kier molecular flexibility index (Phi) is 6.80. The molecule has 0 radical (unpaired) electrons. The molecule has 0 saturated carbocycles. The van der Waals surface area contributed by atoms with Gasteiger partial charge in [0.15, 0.2) is 5.54 Å². The van der Waals surface area contributed by atoms with Gasteiger partial charge in [0.25, 0.3) is 17.7 Å². The van der Waals surface area contributed by atoms with Crippen LogP contribution >= 0.6 is 11.6 Å². The molecule has 5 N–H and O–H groups in total. The van der Waals surface area contributed by atoms with Crippen LogP contribution in [0.2, 0.25) is 5.02 Å². The Morgan fingerprint density at radius 2 is 1.41 bits per heavy atom. The molecule has 0 atom stereocenters. The third-order valence-electron chi connectivity index (χ3n) is 6.87. The molecule has 1 saturated heterocycles. The van der Waals surface area contributed by atoms with Gasteiger partial charge in [0.2, 0.25) is 5.96 Å². The second-order valence-electron chi connectivity index (χ2n) is 9.38. The zero-order chi connectivity index (χ0) is 28.4. The van der Waals surface area contributed by atoms with Crippen LogP contribution in [0.5, 0.6) is 0 Å². The predicted octanol–water partition coefficient (Wildman–Crippen LogP) is 3.65. The number of nitrogens with one attached hydrogen (secondary N) is 5. The van der Waals surface area contributed by atoms with Crippen LogP contribution in [0.25, 0.3) is 17.2 Å². The lowest BCUT2D eigenvalue weighted by atomic mass is 9.86. The highest BCUT2D eigenvalue weighted by atomic mass is 35.5. The summed E-state index contributed by atoms with van der Waals surface area (Å²) in [5, 5.41) is 9.98. The smallest absolute Gasteiger partial charge is 0.288 e. The third kappa shape index (κ3) is 4.84. The molecule has 1 heterocycles. The second-order valence-corrected chi connectivity index (χ2v) is 9.81. The van der Waals surface area contributed by atoms with Gasteiger partial charge >= 0.3 is 0 Å². The second kappa shape index (κ2) is 10.7. The molecule has 202 valence electrons. The number of halogens is 1. The van der Waals surface area contributed by atoms with Crippen molar-refractivity contribution in [2.24, 2.45) is 5.10 Å². The fraction of sp³-hybridized carbons (Fsp3) is 0.0323. The van der Waals surface area contributed by atoms with E-state index in [1.165, 1.54) is 6.08 Å². The average molecular weight is 563 g/mol. The van der Waals surface area contributed by atoms with E-state index in [1.54, 1.807) is 54.6 Å². The number of amides is 3. The molecule has 1 aliphatic heterocycles. The molecular formula is C31H23ClN6O3. The summed E-state index contributed by atoms with van der Waals surface area (Å²) >= 11 is 5.99. The van der Waals surface area contributed by atoms with Gasteiger partial charge in [-0.2, -0.15) is 0 Å². The SMILES string of the molecule is O=C(N/N=C1/NNC2(C(=O)N1)c1ccccc1-c1ccccc12)/C(=C\c1ccc(Cl)cc1)NC(=O)c1ccccc1. The molecule has 1 aliphatic carbocycles. The summed E-state index contributed by atoms with van der Waals surface area (Å²) in [6.07, 6.45) is 1.50. The molecule has 3 amide bonds. The zero-order valence-corrected chi connectivity index (χ0v) is 22.2. The number of rotatable bonds is 5. The van der Waals surface area contributed by atoms with Crippen LogP contribution < -0.4 is 26.9 Å². The van der Waals surface area contributed by atoms with Crippen LogP contribution in [-0.2, 0) is 15.1 Å². The largest absolute Gasteiger partial charge is 0.317 e. The van der Waals surface area contributed by atoms with Gasteiger partial charge in [-0.05, 0) is 58.2 Å². The Morgan fingerprint density at radius 1 is 0.805 bits per heavy atom. The van der Waals surface area contributed by atoms with Crippen molar-refractivity contribution in [2.45, 2.75) is 5.54 Å². The predicted molar refractivity (Wildman–Crippen MR) is 156 cm³/mol. The van der Waals surface area contributed by atoms with Gasteiger partial charge in [0, 0.05) is 10.6 Å². The molecule has 4 aromatic carbocycles. The minimum atomic E-state index is -1.18. The Balaban J connectivity index is 1.23. The summed E-state index contributed by atoms with van der Waals surface area (Å²) in [6, 6.07) is 30.6. The maximum atomic E-state index is 13.6. The number of hydrogen-bond donors (Lipinski definition) is 5. The maximum Gasteiger partial charge on any atom is 0.288 e. The number of nitrogens with zero attached hydrogens (tertiary/aromatic N) is 1. The number of carbonyl (C=O) groups is 3. The van der Waals surface area contributed by atoms with Gasteiger partial charge < -0.3 is 5.32 Å². The lowest BCUT2D eigenvalue weighted by Gasteiger charge is -2.36. The molecule has 6 rings (SSSR count). The molecule has 10 heteroatoms. The lowest BCUT2D eigenvalue weighted by molar-refractivity contribution is -0.126. The molecular weight excluding hydrogens is 540 g/mol. The molecule has 0 aromatic heterocycles. The van der Waals surface area contributed by atoms with E-state index in [-0.39, 0.29) is 17.6 Å².